The Morgan fingerprint density at radius 2 is 0.562 bits per heavy atom. The molecule has 0 spiro atoms. The minimum Gasteiger partial charge on any atom is -0.352 e. The van der Waals surface area contributed by atoms with E-state index in [-0.39, 0.29) is 77.8 Å². The largest absolute Gasteiger partial charge is 0.398 e. The smallest absolute Gasteiger partial charge is 0.352 e. The van der Waals surface area contributed by atoms with Crippen LogP contribution < -0.4 is 32.9 Å². The van der Waals surface area contributed by atoms with Gasteiger partial charge >= 0.3 is 30.4 Å². The maximum absolute atomic E-state index is 13.6. The average Bonchev–Trinajstić information content (AvgIpc) is 3.04. The van der Waals surface area contributed by atoms with Crippen molar-refractivity contribution in [3.8, 4) is 0 Å². The van der Waals surface area contributed by atoms with Gasteiger partial charge in [0.05, 0.1) is 52.9 Å². The van der Waals surface area contributed by atoms with Crippen molar-refractivity contribution in [1.29, 1.82) is 0 Å². The van der Waals surface area contributed by atoms with Crippen molar-refractivity contribution < 1.29 is 54.5 Å². The fourth-order valence-electron chi connectivity index (χ4n) is 3.68. The molecule has 24 heteroatoms. The lowest BCUT2D eigenvalue weighted by atomic mass is 10.6. The van der Waals surface area contributed by atoms with E-state index >= 15 is 0 Å². The molecule has 0 aliphatic rings. The minimum atomic E-state index is -4.06. The Morgan fingerprint density at radius 1 is 0.375 bits per heavy atom. The summed E-state index contributed by atoms with van der Waals surface area (Å²) in [5.74, 6) is -0.301. The summed E-state index contributed by atoms with van der Waals surface area (Å²) in [4.78, 5) is 25.1. The second-order valence-corrected chi connectivity index (χ2v) is 16.3. The third-order valence-corrected chi connectivity index (χ3v) is 12.8. The predicted molar refractivity (Wildman–Crippen MR) is 179 cm³/mol. The maximum atomic E-state index is 13.6. The van der Waals surface area contributed by atoms with Crippen molar-refractivity contribution in [1.82, 2.24) is 29.9 Å². The third-order valence-electron chi connectivity index (χ3n) is 5.29. The molecule has 0 saturated heterocycles. The van der Waals surface area contributed by atoms with Gasteiger partial charge in [0.15, 0.2) is 0 Å². The standard InChI is InChI=1S/C24H46N8O12P4/c1-9-37-45(33,38-10-2)21-27-19(28-22(31-21)46(34,39-11-3)40-12-4)25-17-18-26-20-29-23(47(35,41-13-5)42-14-6)32-24(30-20)48(36,43-15-7)44-16-8/h9-18H2,1-8H3,(H,25,27,28,31)(H,26,29,30,32). The number of anilines is 2. The SMILES string of the molecule is CCOP(=O)(OCC)c1nc(NCCNc2nc(P(=O)(OCC)OCC)nc(P(=O)(OCC)OCC)n2)nc(P(=O)(OCC)OCC)n1. The number of nitrogens with zero attached hydrogens (tertiary/aromatic N) is 6. The molecule has 0 radical (unpaired) electrons. The molecule has 2 N–H and O–H groups in total. The lowest BCUT2D eigenvalue weighted by molar-refractivity contribution is 0.225. The second kappa shape index (κ2) is 20.2. The molecule has 0 aromatic carbocycles. The number of aromatic nitrogens is 6. The highest BCUT2D eigenvalue weighted by Crippen LogP contribution is 2.49. The van der Waals surface area contributed by atoms with Gasteiger partial charge in [-0.1, -0.05) is 0 Å². The van der Waals surface area contributed by atoms with Crippen LogP contribution in [0.5, 0.6) is 0 Å². The van der Waals surface area contributed by atoms with E-state index in [0.717, 1.165) is 0 Å². The van der Waals surface area contributed by atoms with E-state index in [2.05, 4.69) is 40.5 Å². The zero-order valence-corrected chi connectivity index (χ0v) is 32.0. The Balaban J connectivity index is 2.50. The van der Waals surface area contributed by atoms with E-state index in [4.69, 9.17) is 36.2 Å². The molecular weight excluding hydrogens is 716 g/mol. The van der Waals surface area contributed by atoms with Crippen molar-refractivity contribution in [2.45, 2.75) is 55.4 Å². The molecule has 0 atom stereocenters. The summed E-state index contributed by atoms with van der Waals surface area (Å²) in [6, 6.07) is 0. The third kappa shape index (κ3) is 11.4. The first-order valence-corrected chi connectivity index (χ1v) is 21.6. The van der Waals surface area contributed by atoms with Crippen LogP contribution in [0.1, 0.15) is 55.4 Å². The molecule has 2 aromatic rings. The monoisotopic (exact) mass is 762 g/mol. The van der Waals surface area contributed by atoms with Gasteiger partial charge in [0, 0.05) is 13.1 Å². The fourth-order valence-corrected chi connectivity index (χ4v) is 9.51. The van der Waals surface area contributed by atoms with Gasteiger partial charge in [-0.3, -0.25) is 18.3 Å². The molecule has 0 aliphatic carbocycles. The molecule has 48 heavy (non-hydrogen) atoms. The van der Waals surface area contributed by atoms with Gasteiger partial charge < -0.3 is 46.8 Å². The van der Waals surface area contributed by atoms with E-state index in [1.165, 1.54) is 0 Å². The van der Waals surface area contributed by atoms with Gasteiger partial charge in [-0.2, -0.15) is 29.9 Å². The van der Waals surface area contributed by atoms with Crippen LogP contribution in [-0.4, -0.2) is 95.8 Å². The second-order valence-electron chi connectivity index (χ2n) is 8.70. The van der Waals surface area contributed by atoms with Crippen molar-refractivity contribution in [2.75, 3.05) is 76.6 Å². The van der Waals surface area contributed by atoms with Gasteiger partial charge in [0.1, 0.15) is 0 Å². The average molecular weight is 763 g/mol. The first-order valence-electron chi connectivity index (χ1n) is 15.4. The van der Waals surface area contributed by atoms with Crippen molar-refractivity contribution in [2.24, 2.45) is 0 Å². The van der Waals surface area contributed by atoms with Gasteiger partial charge in [-0.15, -0.1) is 0 Å². The molecule has 0 fully saturated rings. The highest BCUT2D eigenvalue weighted by Gasteiger charge is 2.39. The van der Waals surface area contributed by atoms with Crippen LogP contribution in [0, 0.1) is 0 Å². The summed E-state index contributed by atoms with van der Waals surface area (Å²) < 4.78 is 97.4. The topological polar surface area (TPSA) is 244 Å². The molecule has 274 valence electrons. The molecule has 2 rings (SSSR count). The first-order chi connectivity index (χ1) is 22.9. The van der Waals surface area contributed by atoms with Crippen LogP contribution in [0.3, 0.4) is 0 Å². The van der Waals surface area contributed by atoms with Crippen LogP contribution in [0.15, 0.2) is 0 Å². The summed E-state index contributed by atoms with van der Waals surface area (Å²) in [6.07, 6.45) is 0. The van der Waals surface area contributed by atoms with Crippen LogP contribution in [0.4, 0.5) is 11.9 Å². The summed E-state index contributed by atoms with van der Waals surface area (Å²) in [5, 5.41) is 5.82. The van der Waals surface area contributed by atoms with E-state index in [9.17, 15) is 18.3 Å². The van der Waals surface area contributed by atoms with Crippen LogP contribution in [0.25, 0.3) is 0 Å². The summed E-state index contributed by atoms with van der Waals surface area (Å²) in [6.45, 7) is 13.1. The molecule has 2 heterocycles. The Morgan fingerprint density at radius 3 is 0.729 bits per heavy atom. The van der Waals surface area contributed by atoms with Gasteiger partial charge in [0.2, 0.25) is 34.2 Å². The molecular formula is C24H46N8O12P4. The molecule has 0 aliphatic heterocycles. The Kier molecular flexibility index (Phi) is 17.8. The number of hydrogen-bond acceptors (Lipinski definition) is 20. The van der Waals surface area contributed by atoms with Crippen molar-refractivity contribution in [3.05, 3.63) is 0 Å². The highest BCUT2D eigenvalue weighted by atomic mass is 31.2. The first kappa shape index (κ1) is 42.4. The van der Waals surface area contributed by atoms with E-state index in [0.29, 0.717) is 0 Å². The van der Waals surface area contributed by atoms with Gasteiger partial charge in [-0.05, 0) is 55.4 Å². The predicted octanol–water partition coefficient (Wildman–Crippen LogP) is 3.15. The summed E-state index contributed by atoms with van der Waals surface area (Å²) in [5.41, 5.74) is -1.60. The van der Waals surface area contributed by atoms with Crippen molar-refractivity contribution >= 4 is 64.5 Å². The van der Waals surface area contributed by atoms with Gasteiger partial charge in [0.25, 0.3) is 0 Å². The zero-order chi connectivity index (χ0) is 35.8. The van der Waals surface area contributed by atoms with E-state index < -0.39 is 52.6 Å². The molecule has 2 aromatic heterocycles. The summed E-state index contributed by atoms with van der Waals surface area (Å²) in [7, 11) is -16.3. The Hall–Kier alpha value is -1.78. The maximum Gasteiger partial charge on any atom is 0.398 e. The quantitative estimate of drug-likeness (QED) is 0.109. The van der Waals surface area contributed by atoms with Crippen LogP contribution in [0.2, 0.25) is 0 Å². The number of nitrogens with one attached hydrogen (secondary N) is 2. The Labute approximate surface area is 280 Å². The van der Waals surface area contributed by atoms with Crippen molar-refractivity contribution in [3.63, 3.8) is 0 Å². The normalized spacial score (nSPS) is 12.8. The Bertz CT molecular complexity index is 1260. The molecule has 0 saturated carbocycles. The lowest BCUT2D eigenvalue weighted by Gasteiger charge is -2.20. The van der Waals surface area contributed by atoms with Gasteiger partial charge in [-0.25, -0.2) is 0 Å². The molecule has 0 amide bonds. The number of hydrogen-bond donors (Lipinski definition) is 2. The zero-order valence-electron chi connectivity index (χ0n) is 28.4. The molecule has 0 bridgehead atoms. The van der Waals surface area contributed by atoms with E-state index in [1.807, 2.05) is 0 Å². The van der Waals surface area contributed by atoms with Crippen LogP contribution in [-0.2, 0) is 54.5 Å². The molecule has 20 nitrogen and oxygen atoms in total. The minimum absolute atomic E-state index is 0.00845. The summed E-state index contributed by atoms with van der Waals surface area (Å²) >= 11 is 0. The number of rotatable bonds is 25. The fraction of sp³-hybridized carbons (Fsp3) is 0.750. The molecule has 0 unspecified atom stereocenters. The highest BCUT2D eigenvalue weighted by molar-refractivity contribution is 7.63. The van der Waals surface area contributed by atoms with E-state index in [1.54, 1.807) is 55.4 Å². The van der Waals surface area contributed by atoms with Crippen LogP contribution >= 0.6 is 30.4 Å². The lowest BCUT2D eigenvalue weighted by Crippen LogP contribution is -2.32.